The average molecular weight is 383 g/mol. The number of halogens is 4. The van der Waals surface area contributed by atoms with Gasteiger partial charge in [-0.3, -0.25) is 14.5 Å². The summed E-state index contributed by atoms with van der Waals surface area (Å²) < 4.78 is 38.1. The smallest absolute Gasteiger partial charge is 0.417 e. The van der Waals surface area contributed by atoms with Gasteiger partial charge >= 0.3 is 12.1 Å². The van der Waals surface area contributed by atoms with E-state index in [4.69, 9.17) is 5.11 Å². The van der Waals surface area contributed by atoms with Crippen LogP contribution in [0.2, 0.25) is 0 Å². The Balaban J connectivity index is 2.79. The Bertz CT molecular complexity index is 578. The van der Waals surface area contributed by atoms with Crippen LogP contribution >= 0.6 is 15.9 Å². The molecular formula is C13H14BrF3N2O3. The molecule has 0 fully saturated rings. The SMILES string of the molecule is CC(C(=O)O)N(C)CC(=O)Nc1ccc(Br)c(C(F)(F)F)c1. The van der Waals surface area contributed by atoms with Gasteiger partial charge in [0.05, 0.1) is 12.1 Å². The molecule has 1 rings (SSSR count). The Hall–Kier alpha value is -1.61. The Kier molecular flexibility index (Phi) is 5.95. The number of likely N-dealkylation sites (N-methyl/N-ethyl adjacent to an activating group) is 1. The van der Waals surface area contributed by atoms with Gasteiger partial charge in [-0.15, -0.1) is 0 Å². The number of carbonyl (C=O) groups is 2. The van der Waals surface area contributed by atoms with Gasteiger partial charge in [0.2, 0.25) is 5.91 Å². The summed E-state index contributed by atoms with van der Waals surface area (Å²) in [6.45, 7) is 1.14. The first-order chi connectivity index (χ1) is 10.0. The number of anilines is 1. The first kappa shape index (κ1) is 18.4. The van der Waals surface area contributed by atoms with Crippen LogP contribution in [0.1, 0.15) is 12.5 Å². The Morgan fingerprint density at radius 1 is 1.41 bits per heavy atom. The van der Waals surface area contributed by atoms with Crippen molar-refractivity contribution >= 4 is 33.5 Å². The summed E-state index contributed by atoms with van der Waals surface area (Å²) in [4.78, 5) is 23.8. The number of rotatable bonds is 5. The molecule has 0 bridgehead atoms. The molecule has 0 aliphatic heterocycles. The van der Waals surface area contributed by atoms with E-state index in [1.54, 1.807) is 0 Å². The normalized spacial score (nSPS) is 13.0. The van der Waals surface area contributed by atoms with E-state index in [2.05, 4.69) is 21.2 Å². The number of carboxylic acid groups (broad SMARTS) is 1. The highest BCUT2D eigenvalue weighted by molar-refractivity contribution is 9.10. The summed E-state index contributed by atoms with van der Waals surface area (Å²) in [6.07, 6.45) is -4.55. The predicted molar refractivity (Wildman–Crippen MR) is 77.5 cm³/mol. The second kappa shape index (κ2) is 7.10. The van der Waals surface area contributed by atoms with Crippen LogP contribution in [-0.2, 0) is 15.8 Å². The minimum absolute atomic E-state index is 0.0168. The summed E-state index contributed by atoms with van der Waals surface area (Å²) >= 11 is 2.80. The van der Waals surface area contributed by atoms with Gasteiger partial charge in [-0.05, 0) is 32.2 Å². The molecule has 0 aliphatic carbocycles. The maximum atomic E-state index is 12.8. The zero-order chi connectivity index (χ0) is 17.1. The van der Waals surface area contributed by atoms with Crippen molar-refractivity contribution in [2.24, 2.45) is 0 Å². The van der Waals surface area contributed by atoms with Crippen LogP contribution in [0.15, 0.2) is 22.7 Å². The number of hydrogen-bond acceptors (Lipinski definition) is 3. The number of nitrogens with zero attached hydrogens (tertiary/aromatic N) is 1. The monoisotopic (exact) mass is 382 g/mol. The Morgan fingerprint density at radius 2 is 2.00 bits per heavy atom. The van der Waals surface area contributed by atoms with Crippen LogP contribution < -0.4 is 5.32 Å². The lowest BCUT2D eigenvalue weighted by atomic mass is 10.2. The number of aliphatic carboxylic acids is 1. The first-order valence-corrected chi connectivity index (χ1v) is 6.91. The van der Waals surface area contributed by atoms with Crippen LogP contribution in [0.5, 0.6) is 0 Å². The Labute approximate surface area is 133 Å². The molecule has 1 atom stereocenters. The van der Waals surface area contributed by atoms with Gasteiger partial charge in [0.1, 0.15) is 6.04 Å². The molecule has 1 aromatic rings. The van der Waals surface area contributed by atoms with Crippen molar-refractivity contribution in [2.75, 3.05) is 18.9 Å². The molecule has 22 heavy (non-hydrogen) atoms. The number of hydrogen-bond donors (Lipinski definition) is 2. The van der Waals surface area contributed by atoms with Crippen LogP contribution in [0.3, 0.4) is 0 Å². The molecule has 9 heteroatoms. The molecule has 0 spiro atoms. The molecule has 1 aromatic carbocycles. The van der Waals surface area contributed by atoms with E-state index in [1.807, 2.05) is 0 Å². The van der Waals surface area contributed by atoms with E-state index >= 15 is 0 Å². The quantitative estimate of drug-likeness (QED) is 0.821. The van der Waals surface area contributed by atoms with Gasteiger partial charge < -0.3 is 10.4 Å². The number of alkyl halides is 3. The number of amides is 1. The maximum absolute atomic E-state index is 12.8. The minimum atomic E-state index is -4.55. The fraction of sp³-hybridized carbons (Fsp3) is 0.385. The van der Waals surface area contributed by atoms with Gasteiger partial charge in [-0.2, -0.15) is 13.2 Å². The summed E-state index contributed by atoms with van der Waals surface area (Å²) in [5.41, 5.74) is -0.922. The van der Waals surface area contributed by atoms with Crippen LogP contribution in [0.25, 0.3) is 0 Å². The second-order valence-electron chi connectivity index (χ2n) is 4.67. The third-order valence-electron chi connectivity index (χ3n) is 2.97. The highest BCUT2D eigenvalue weighted by Gasteiger charge is 2.33. The van der Waals surface area contributed by atoms with E-state index in [9.17, 15) is 22.8 Å². The minimum Gasteiger partial charge on any atom is -0.480 e. The van der Waals surface area contributed by atoms with E-state index in [-0.39, 0.29) is 16.7 Å². The van der Waals surface area contributed by atoms with Crippen molar-refractivity contribution in [2.45, 2.75) is 19.1 Å². The lowest BCUT2D eigenvalue weighted by molar-refractivity contribution is -0.142. The first-order valence-electron chi connectivity index (χ1n) is 6.12. The third-order valence-corrected chi connectivity index (χ3v) is 3.66. The fourth-order valence-electron chi connectivity index (χ4n) is 1.57. The van der Waals surface area contributed by atoms with Crippen LogP contribution in [-0.4, -0.2) is 41.5 Å². The molecule has 0 aromatic heterocycles. The average Bonchev–Trinajstić information content (AvgIpc) is 2.38. The molecule has 1 amide bonds. The number of carbonyl (C=O) groups excluding carboxylic acids is 1. The van der Waals surface area contributed by atoms with E-state index in [0.717, 1.165) is 6.07 Å². The summed E-state index contributed by atoms with van der Waals surface area (Å²) in [7, 11) is 1.43. The molecule has 0 saturated carbocycles. The number of benzene rings is 1. The molecular weight excluding hydrogens is 369 g/mol. The highest BCUT2D eigenvalue weighted by Crippen LogP contribution is 2.36. The Morgan fingerprint density at radius 3 is 2.50 bits per heavy atom. The second-order valence-corrected chi connectivity index (χ2v) is 5.52. The number of nitrogens with one attached hydrogen (secondary N) is 1. The van der Waals surface area contributed by atoms with Gasteiger partial charge in [0, 0.05) is 10.2 Å². The van der Waals surface area contributed by atoms with Crippen molar-refractivity contribution in [3.63, 3.8) is 0 Å². The number of carboxylic acids is 1. The molecule has 1 unspecified atom stereocenters. The zero-order valence-electron chi connectivity index (χ0n) is 11.7. The van der Waals surface area contributed by atoms with E-state index in [1.165, 1.54) is 31.0 Å². The summed E-state index contributed by atoms with van der Waals surface area (Å²) in [6, 6.07) is 2.42. The van der Waals surface area contributed by atoms with Crippen molar-refractivity contribution in [1.82, 2.24) is 4.90 Å². The van der Waals surface area contributed by atoms with Crippen molar-refractivity contribution in [1.29, 1.82) is 0 Å². The largest absolute Gasteiger partial charge is 0.480 e. The lowest BCUT2D eigenvalue weighted by Crippen LogP contribution is -2.40. The topological polar surface area (TPSA) is 69.6 Å². The summed E-state index contributed by atoms with van der Waals surface area (Å²) in [5, 5.41) is 11.1. The summed E-state index contributed by atoms with van der Waals surface area (Å²) in [5.74, 6) is -1.70. The molecule has 0 saturated heterocycles. The molecule has 0 radical (unpaired) electrons. The van der Waals surface area contributed by atoms with Gasteiger partial charge in [0.15, 0.2) is 0 Å². The van der Waals surface area contributed by atoms with E-state index in [0.29, 0.717) is 0 Å². The molecule has 5 nitrogen and oxygen atoms in total. The molecule has 0 heterocycles. The lowest BCUT2D eigenvalue weighted by Gasteiger charge is -2.20. The van der Waals surface area contributed by atoms with Crippen molar-refractivity contribution in [3.05, 3.63) is 28.2 Å². The fourth-order valence-corrected chi connectivity index (χ4v) is 2.04. The van der Waals surface area contributed by atoms with Gasteiger partial charge in [-0.1, -0.05) is 15.9 Å². The zero-order valence-corrected chi connectivity index (χ0v) is 13.3. The molecule has 122 valence electrons. The molecule has 2 N–H and O–H groups in total. The van der Waals surface area contributed by atoms with E-state index < -0.39 is 29.7 Å². The molecule has 0 aliphatic rings. The third kappa shape index (κ3) is 4.99. The van der Waals surface area contributed by atoms with Crippen molar-refractivity contribution in [3.8, 4) is 0 Å². The standard InChI is InChI=1S/C13H14BrF3N2O3/c1-7(12(21)22)19(2)6-11(20)18-8-3-4-10(14)9(5-8)13(15,16)17/h3-5,7H,6H2,1-2H3,(H,18,20)(H,21,22). The van der Waals surface area contributed by atoms with Crippen molar-refractivity contribution < 1.29 is 27.9 Å². The van der Waals surface area contributed by atoms with Gasteiger partial charge in [-0.25, -0.2) is 0 Å². The highest BCUT2D eigenvalue weighted by atomic mass is 79.9. The van der Waals surface area contributed by atoms with Crippen LogP contribution in [0.4, 0.5) is 18.9 Å². The van der Waals surface area contributed by atoms with Crippen LogP contribution in [0, 0.1) is 0 Å². The predicted octanol–water partition coefficient (Wildman–Crippen LogP) is 2.81. The van der Waals surface area contributed by atoms with Gasteiger partial charge in [0.25, 0.3) is 0 Å². The maximum Gasteiger partial charge on any atom is 0.417 e.